The van der Waals surface area contributed by atoms with E-state index in [9.17, 15) is 18.0 Å². The molecule has 1 saturated heterocycles. The Morgan fingerprint density at radius 1 is 1.13 bits per heavy atom. The summed E-state index contributed by atoms with van der Waals surface area (Å²) in [5, 5.41) is 9.00. The Hall–Kier alpha value is -2.85. The maximum atomic E-state index is 12.8. The van der Waals surface area contributed by atoms with Gasteiger partial charge in [0.15, 0.2) is 0 Å². The second-order valence-corrected chi connectivity index (χ2v) is 7.70. The predicted molar refractivity (Wildman–Crippen MR) is 105 cm³/mol. The smallest absolute Gasteiger partial charge is 0.416 e. The van der Waals surface area contributed by atoms with Crippen LogP contribution in [-0.4, -0.2) is 31.1 Å². The molecular weight excluding hydrogens is 393 g/mol. The van der Waals surface area contributed by atoms with Crippen LogP contribution in [0.2, 0.25) is 0 Å². The van der Waals surface area contributed by atoms with E-state index in [1.165, 1.54) is 19.2 Å². The lowest BCUT2D eigenvalue weighted by Gasteiger charge is -2.38. The first-order valence-electron chi connectivity index (χ1n) is 9.74. The number of rotatable bonds is 5. The summed E-state index contributed by atoms with van der Waals surface area (Å²) in [4.78, 5) is 14.0. The third-order valence-corrected chi connectivity index (χ3v) is 5.49. The molecule has 1 aliphatic heterocycles. The van der Waals surface area contributed by atoms with Crippen LogP contribution in [0.5, 0.6) is 0 Å². The summed E-state index contributed by atoms with van der Waals surface area (Å²) < 4.78 is 43.2. The molecule has 2 unspecified atom stereocenters. The molecule has 2 aromatic carbocycles. The molecule has 30 heavy (non-hydrogen) atoms. The lowest BCUT2D eigenvalue weighted by molar-refractivity contribution is -0.142. The fourth-order valence-electron chi connectivity index (χ4n) is 4.03. The number of carbonyl (C=O) groups is 1. The maximum Gasteiger partial charge on any atom is 0.416 e. The highest BCUT2D eigenvalue weighted by Crippen LogP contribution is 2.34. The summed E-state index contributed by atoms with van der Waals surface area (Å²) in [5.41, 5.74) is 1.80. The Balaban J connectivity index is 1.76. The first-order chi connectivity index (χ1) is 14.3. The third-order valence-electron chi connectivity index (χ3n) is 5.49. The molecule has 0 spiro atoms. The van der Waals surface area contributed by atoms with E-state index >= 15 is 0 Å². The Kier molecular flexibility index (Phi) is 6.78. The highest BCUT2D eigenvalue weighted by molar-refractivity contribution is 5.69. The molecule has 0 aromatic heterocycles. The molecule has 1 heterocycles. The van der Waals surface area contributed by atoms with Gasteiger partial charge in [0.2, 0.25) is 0 Å². The van der Waals surface area contributed by atoms with E-state index in [0.717, 1.165) is 36.2 Å². The number of alkyl halides is 3. The number of halogens is 3. The summed E-state index contributed by atoms with van der Waals surface area (Å²) in [7, 11) is 1.36. The van der Waals surface area contributed by atoms with Crippen molar-refractivity contribution in [2.75, 3.05) is 20.2 Å². The molecule has 0 N–H and O–H groups in total. The van der Waals surface area contributed by atoms with Crippen molar-refractivity contribution in [3.63, 3.8) is 0 Å². The van der Waals surface area contributed by atoms with E-state index < -0.39 is 11.7 Å². The molecule has 0 aliphatic carbocycles. The molecule has 1 aliphatic rings. The number of nitrogens with zero attached hydrogens (tertiary/aromatic N) is 2. The largest absolute Gasteiger partial charge is 0.469 e. The maximum absolute atomic E-state index is 12.8. The zero-order valence-corrected chi connectivity index (χ0v) is 16.7. The second-order valence-electron chi connectivity index (χ2n) is 7.70. The summed E-state index contributed by atoms with van der Waals surface area (Å²) >= 11 is 0. The van der Waals surface area contributed by atoms with E-state index in [1.54, 1.807) is 12.1 Å². The van der Waals surface area contributed by atoms with Crippen molar-refractivity contribution in [3.05, 3.63) is 70.8 Å². The summed E-state index contributed by atoms with van der Waals surface area (Å²) in [6.45, 7) is 1.90. The fourth-order valence-corrected chi connectivity index (χ4v) is 4.03. The van der Waals surface area contributed by atoms with Crippen LogP contribution in [0.15, 0.2) is 48.5 Å². The minimum atomic E-state index is -4.35. The van der Waals surface area contributed by atoms with E-state index in [1.807, 2.05) is 12.1 Å². The number of esters is 1. The van der Waals surface area contributed by atoms with Gasteiger partial charge in [0.05, 0.1) is 24.3 Å². The minimum absolute atomic E-state index is 0.0845. The predicted octanol–water partition coefficient (Wildman–Crippen LogP) is 4.75. The van der Waals surface area contributed by atoms with Crippen molar-refractivity contribution in [2.45, 2.75) is 31.5 Å². The van der Waals surface area contributed by atoms with Gasteiger partial charge in [-0.2, -0.15) is 18.4 Å². The number of hydrogen-bond acceptors (Lipinski definition) is 4. The van der Waals surface area contributed by atoms with Gasteiger partial charge in [-0.25, -0.2) is 0 Å². The van der Waals surface area contributed by atoms with Gasteiger partial charge >= 0.3 is 12.1 Å². The highest BCUT2D eigenvalue weighted by atomic mass is 19.4. The van der Waals surface area contributed by atoms with E-state index in [0.29, 0.717) is 25.1 Å². The molecule has 0 bridgehead atoms. The van der Waals surface area contributed by atoms with Crippen LogP contribution in [0.1, 0.15) is 41.0 Å². The van der Waals surface area contributed by atoms with E-state index in [4.69, 9.17) is 10.00 Å². The van der Waals surface area contributed by atoms with Crippen molar-refractivity contribution < 1.29 is 22.7 Å². The molecule has 2 aromatic rings. The van der Waals surface area contributed by atoms with Gasteiger partial charge in [0.25, 0.3) is 0 Å². The van der Waals surface area contributed by atoms with Gasteiger partial charge < -0.3 is 4.74 Å². The molecule has 0 saturated carbocycles. The Morgan fingerprint density at radius 2 is 1.80 bits per heavy atom. The standard InChI is InChI=1S/C23H23F3N2O2/c1-30-22(29)11-18-10-20(19-6-2-16(12-27)3-7-19)15-28(14-18)13-17-4-8-21(9-5-17)23(24,25)26/h2-9,18,20H,10-11,13-15H2,1H3. The normalized spacial score (nSPS) is 19.8. The van der Waals surface area contributed by atoms with Gasteiger partial charge in [-0.05, 0) is 53.6 Å². The van der Waals surface area contributed by atoms with E-state index in [-0.39, 0.29) is 17.8 Å². The summed E-state index contributed by atoms with van der Waals surface area (Å²) in [6, 6.07) is 14.7. The molecule has 0 amide bonds. The number of piperidine rings is 1. The van der Waals surface area contributed by atoms with Crippen molar-refractivity contribution >= 4 is 5.97 Å². The van der Waals surface area contributed by atoms with Crippen LogP contribution in [0.3, 0.4) is 0 Å². The number of carbonyl (C=O) groups excluding carboxylic acids is 1. The van der Waals surface area contributed by atoms with Crippen LogP contribution < -0.4 is 0 Å². The molecule has 3 rings (SSSR count). The number of nitriles is 1. The molecule has 1 fully saturated rings. The molecule has 4 nitrogen and oxygen atoms in total. The zero-order valence-electron chi connectivity index (χ0n) is 16.7. The minimum Gasteiger partial charge on any atom is -0.469 e. The topological polar surface area (TPSA) is 53.3 Å². The summed E-state index contributed by atoms with van der Waals surface area (Å²) in [6.07, 6.45) is -3.24. The van der Waals surface area contributed by atoms with E-state index in [2.05, 4.69) is 11.0 Å². The quantitative estimate of drug-likeness (QED) is 0.661. The van der Waals surface area contributed by atoms with Gasteiger partial charge in [0, 0.05) is 26.1 Å². The average Bonchev–Trinajstić information content (AvgIpc) is 2.73. The first kappa shape index (κ1) is 21.8. The van der Waals surface area contributed by atoms with Crippen LogP contribution in [0, 0.1) is 17.2 Å². The molecule has 158 valence electrons. The first-order valence-corrected chi connectivity index (χ1v) is 9.74. The Bertz CT molecular complexity index is 902. The molecule has 0 radical (unpaired) electrons. The lowest BCUT2D eigenvalue weighted by Crippen LogP contribution is -2.40. The van der Waals surface area contributed by atoms with Crippen LogP contribution in [0.4, 0.5) is 13.2 Å². The number of methoxy groups -OCH3 is 1. The van der Waals surface area contributed by atoms with Crippen molar-refractivity contribution in [3.8, 4) is 6.07 Å². The zero-order chi connectivity index (χ0) is 21.7. The number of hydrogen-bond donors (Lipinski definition) is 0. The average molecular weight is 416 g/mol. The monoisotopic (exact) mass is 416 g/mol. The van der Waals surface area contributed by atoms with Crippen molar-refractivity contribution in [1.82, 2.24) is 4.90 Å². The summed E-state index contributed by atoms with van der Waals surface area (Å²) in [5.74, 6) is -0.0214. The van der Waals surface area contributed by atoms with Gasteiger partial charge in [-0.1, -0.05) is 24.3 Å². The third kappa shape index (κ3) is 5.61. The fraction of sp³-hybridized carbons (Fsp3) is 0.391. The van der Waals surface area contributed by atoms with Crippen LogP contribution in [-0.2, 0) is 22.3 Å². The van der Waals surface area contributed by atoms with Crippen molar-refractivity contribution in [1.29, 1.82) is 5.26 Å². The van der Waals surface area contributed by atoms with Gasteiger partial charge in [0.1, 0.15) is 0 Å². The van der Waals surface area contributed by atoms with Crippen LogP contribution >= 0.6 is 0 Å². The number of ether oxygens (including phenoxy) is 1. The SMILES string of the molecule is COC(=O)CC1CC(c2ccc(C#N)cc2)CN(Cc2ccc(C(F)(F)F)cc2)C1. The molecule has 2 atom stereocenters. The number of benzene rings is 2. The molecule has 7 heteroatoms. The van der Waals surface area contributed by atoms with Gasteiger partial charge in [-0.15, -0.1) is 0 Å². The number of likely N-dealkylation sites (tertiary alicyclic amines) is 1. The molecular formula is C23H23F3N2O2. The van der Waals surface area contributed by atoms with Crippen LogP contribution in [0.25, 0.3) is 0 Å². The Morgan fingerprint density at radius 3 is 2.37 bits per heavy atom. The highest BCUT2D eigenvalue weighted by Gasteiger charge is 2.31. The Labute approximate surface area is 173 Å². The van der Waals surface area contributed by atoms with Gasteiger partial charge in [-0.3, -0.25) is 9.69 Å². The second kappa shape index (κ2) is 9.31. The lowest BCUT2D eigenvalue weighted by atomic mass is 9.82. The van der Waals surface area contributed by atoms with Crippen molar-refractivity contribution in [2.24, 2.45) is 5.92 Å².